The molecule has 0 unspecified atom stereocenters. The molecular formula is C18H18FN3O2S. The summed E-state index contributed by atoms with van der Waals surface area (Å²) in [7, 11) is 0. The highest BCUT2D eigenvalue weighted by molar-refractivity contribution is 7.09. The average Bonchev–Trinajstić information content (AvgIpc) is 3.01. The summed E-state index contributed by atoms with van der Waals surface area (Å²) in [5.41, 5.74) is 3.14. The van der Waals surface area contributed by atoms with Gasteiger partial charge in [0.15, 0.2) is 11.6 Å². The number of thiazole rings is 1. The molecule has 1 fully saturated rings. The summed E-state index contributed by atoms with van der Waals surface area (Å²) < 4.78 is 19.8. The molecule has 5 nitrogen and oxygen atoms in total. The van der Waals surface area contributed by atoms with Crippen LogP contribution in [0.3, 0.4) is 0 Å². The minimum atomic E-state index is -0.405. The van der Waals surface area contributed by atoms with Gasteiger partial charge in [0, 0.05) is 34.3 Å². The number of aromatic amines is 1. The van der Waals surface area contributed by atoms with Crippen LogP contribution in [0.25, 0.3) is 10.9 Å². The molecule has 0 radical (unpaired) electrons. The quantitative estimate of drug-likeness (QED) is 0.704. The predicted molar refractivity (Wildman–Crippen MR) is 93.9 cm³/mol. The number of amides is 1. The number of nitrogens with one attached hydrogen (secondary N) is 2. The van der Waals surface area contributed by atoms with Crippen molar-refractivity contribution in [2.45, 2.75) is 32.9 Å². The van der Waals surface area contributed by atoms with E-state index in [1.165, 1.54) is 17.4 Å². The molecule has 7 heteroatoms. The largest absolute Gasteiger partial charge is 0.485 e. The van der Waals surface area contributed by atoms with Gasteiger partial charge in [-0.15, -0.1) is 11.3 Å². The normalized spacial score (nSPS) is 15.3. The standard InChI is InChI=1S/C18H18FN3O2S/c1-18(2-3-18)17(23)21-7-12-4-11-5-14(19)16(6-15(11)22-12)24-9-13-8-20-10-25-13/h4-6,8,10,22H,2-3,7,9H2,1H3,(H,21,23). The maximum absolute atomic E-state index is 14.2. The molecule has 2 N–H and O–H groups in total. The maximum Gasteiger partial charge on any atom is 0.226 e. The number of carbonyl (C=O) groups excluding carboxylic acids is 1. The minimum Gasteiger partial charge on any atom is -0.485 e. The van der Waals surface area contributed by atoms with E-state index in [0.29, 0.717) is 6.54 Å². The van der Waals surface area contributed by atoms with E-state index in [-0.39, 0.29) is 23.7 Å². The number of ether oxygens (including phenoxy) is 1. The van der Waals surface area contributed by atoms with Gasteiger partial charge in [-0.1, -0.05) is 6.92 Å². The molecule has 2 heterocycles. The fourth-order valence-corrected chi connectivity index (χ4v) is 3.17. The lowest BCUT2D eigenvalue weighted by Crippen LogP contribution is -2.29. The molecule has 3 aromatic rings. The van der Waals surface area contributed by atoms with Crippen molar-refractivity contribution in [2.75, 3.05) is 0 Å². The van der Waals surface area contributed by atoms with Crippen molar-refractivity contribution in [2.24, 2.45) is 5.41 Å². The molecule has 1 aliphatic rings. The van der Waals surface area contributed by atoms with E-state index in [2.05, 4.69) is 15.3 Å². The summed E-state index contributed by atoms with van der Waals surface area (Å²) >= 11 is 1.47. The molecular weight excluding hydrogens is 341 g/mol. The highest BCUT2D eigenvalue weighted by Gasteiger charge is 2.44. The van der Waals surface area contributed by atoms with Gasteiger partial charge in [-0.25, -0.2) is 4.39 Å². The number of benzene rings is 1. The van der Waals surface area contributed by atoms with Gasteiger partial charge >= 0.3 is 0 Å². The first-order valence-corrected chi connectivity index (χ1v) is 9.01. The number of aromatic nitrogens is 2. The van der Waals surface area contributed by atoms with E-state index < -0.39 is 5.82 Å². The third-order valence-corrected chi connectivity index (χ3v) is 5.32. The van der Waals surface area contributed by atoms with Crippen LogP contribution in [0.15, 0.2) is 29.9 Å². The average molecular weight is 359 g/mol. The fourth-order valence-electron chi connectivity index (χ4n) is 2.66. The number of hydrogen-bond donors (Lipinski definition) is 2. The molecule has 0 atom stereocenters. The second-order valence-electron chi connectivity index (χ2n) is 6.66. The second kappa shape index (κ2) is 6.15. The highest BCUT2D eigenvalue weighted by Crippen LogP contribution is 2.45. The number of halogens is 1. The van der Waals surface area contributed by atoms with Crippen LogP contribution in [0.1, 0.15) is 30.3 Å². The van der Waals surface area contributed by atoms with Crippen LogP contribution in [0, 0.1) is 11.2 Å². The van der Waals surface area contributed by atoms with Crippen LogP contribution < -0.4 is 10.1 Å². The zero-order valence-electron chi connectivity index (χ0n) is 13.8. The van der Waals surface area contributed by atoms with Gasteiger partial charge in [-0.2, -0.15) is 0 Å². The number of carbonyl (C=O) groups is 1. The zero-order valence-corrected chi connectivity index (χ0v) is 14.6. The van der Waals surface area contributed by atoms with E-state index in [1.54, 1.807) is 17.8 Å². The summed E-state index contributed by atoms with van der Waals surface area (Å²) in [5.74, 6) is -0.133. The van der Waals surface area contributed by atoms with Crippen LogP contribution >= 0.6 is 11.3 Å². The van der Waals surface area contributed by atoms with E-state index >= 15 is 0 Å². The molecule has 0 spiro atoms. The van der Waals surface area contributed by atoms with Crippen LogP contribution in [-0.4, -0.2) is 15.9 Å². The first-order chi connectivity index (χ1) is 12.0. The van der Waals surface area contributed by atoms with Gasteiger partial charge in [0.05, 0.1) is 16.9 Å². The van der Waals surface area contributed by atoms with Crippen LogP contribution in [0.4, 0.5) is 4.39 Å². The highest BCUT2D eigenvalue weighted by atomic mass is 32.1. The van der Waals surface area contributed by atoms with Crippen molar-refractivity contribution >= 4 is 28.1 Å². The molecule has 0 bridgehead atoms. The molecule has 2 aromatic heterocycles. The van der Waals surface area contributed by atoms with E-state index in [1.807, 2.05) is 13.0 Å². The van der Waals surface area contributed by atoms with Crippen molar-refractivity contribution in [1.82, 2.24) is 15.3 Å². The van der Waals surface area contributed by atoms with Crippen LogP contribution in [-0.2, 0) is 17.9 Å². The van der Waals surface area contributed by atoms with Gasteiger partial charge in [0.2, 0.25) is 5.91 Å². The SMILES string of the molecule is CC1(C(=O)NCc2cc3cc(F)c(OCc4cncs4)cc3[nH]2)CC1. The Morgan fingerprint density at radius 3 is 3.00 bits per heavy atom. The number of hydrogen-bond acceptors (Lipinski definition) is 4. The number of rotatable bonds is 6. The molecule has 25 heavy (non-hydrogen) atoms. The lowest BCUT2D eigenvalue weighted by atomic mass is 10.1. The van der Waals surface area contributed by atoms with Crippen molar-refractivity contribution in [3.63, 3.8) is 0 Å². The van der Waals surface area contributed by atoms with E-state index in [0.717, 1.165) is 34.3 Å². The summed E-state index contributed by atoms with van der Waals surface area (Å²) in [6, 6.07) is 4.95. The predicted octanol–water partition coefficient (Wildman–Crippen LogP) is 3.76. The van der Waals surface area contributed by atoms with E-state index in [4.69, 9.17) is 4.74 Å². The first kappa shape index (κ1) is 16.1. The Balaban J connectivity index is 1.47. The molecule has 4 rings (SSSR count). The lowest BCUT2D eigenvalue weighted by Gasteiger charge is -2.08. The molecule has 130 valence electrons. The van der Waals surface area contributed by atoms with Crippen LogP contribution in [0.5, 0.6) is 5.75 Å². The van der Waals surface area contributed by atoms with Crippen LogP contribution in [0.2, 0.25) is 0 Å². The van der Waals surface area contributed by atoms with Crippen molar-refractivity contribution in [1.29, 1.82) is 0 Å². The van der Waals surface area contributed by atoms with Gasteiger partial charge in [0.1, 0.15) is 6.61 Å². The van der Waals surface area contributed by atoms with E-state index in [9.17, 15) is 9.18 Å². The molecule has 1 aliphatic carbocycles. The Hall–Kier alpha value is -2.41. The monoisotopic (exact) mass is 359 g/mol. The second-order valence-corrected chi connectivity index (χ2v) is 7.64. The Morgan fingerprint density at radius 1 is 1.44 bits per heavy atom. The van der Waals surface area contributed by atoms with Crippen molar-refractivity contribution in [3.8, 4) is 5.75 Å². The summed E-state index contributed by atoms with van der Waals surface area (Å²) in [4.78, 5) is 20.1. The summed E-state index contributed by atoms with van der Waals surface area (Å²) in [5, 5.41) is 3.69. The van der Waals surface area contributed by atoms with Gasteiger partial charge in [0.25, 0.3) is 0 Å². The van der Waals surface area contributed by atoms with Gasteiger partial charge in [-0.05, 0) is 25.0 Å². The Kier molecular flexibility index (Phi) is 3.95. The lowest BCUT2D eigenvalue weighted by molar-refractivity contribution is -0.125. The summed E-state index contributed by atoms with van der Waals surface area (Å²) in [6.07, 6.45) is 3.59. The topological polar surface area (TPSA) is 67.0 Å². The number of nitrogens with zero attached hydrogens (tertiary/aromatic N) is 1. The molecule has 1 amide bonds. The Morgan fingerprint density at radius 2 is 2.28 bits per heavy atom. The van der Waals surface area contributed by atoms with Crippen molar-refractivity contribution < 1.29 is 13.9 Å². The Bertz CT molecular complexity index is 916. The maximum atomic E-state index is 14.2. The molecule has 1 aromatic carbocycles. The van der Waals surface area contributed by atoms with Crippen molar-refractivity contribution in [3.05, 3.63) is 46.3 Å². The number of fused-ring (bicyclic) bond motifs is 1. The summed E-state index contributed by atoms with van der Waals surface area (Å²) in [6.45, 7) is 2.66. The first-order valence-electron chi connectivity index (χ1n) is 8.13. The number of H-pyrrole nitrogens is 1. The molecule has 0 aliphatic heterocycles. The third-order valence-electron chi connectivity index (χ3n) is 4.57. The smallest absolute Gasteiger partial charge is 0.226 e. The Labute approximate surface area is 148 Å². The van der Waals surface area contributed by atoms with Gasteiger partial charge in [-0.3, -0.25) is 9.78 Å². The molecule has 1 saturated carbocycles. The minimum absolute atomic E-state index is 0.0749. The molecule has 0 saturated heterocycles. The fraction of sp³-hybridized carbons (Fsp3) is 0.333. The zero-order chi connectivity index (χ0) is 17.4. The van der Waals surface area contributed by atoms with Gasteiger partial charge < -0.3 is 15.0 Å². The third kappa shape index (κ3) is 3.37.